The van der Waals surface area contributed by atoms with E-state index in [0.717, 1.165) is 24.8 Å². The van der Waals surface area contributed by atoms with Gasteiger partial charge in [0.15, 0.2) is 0 Å². The van der Waals surface area contributed by atoms with Crippen LogP contribution in [0.15, 0.2) is 24.3 Å². The summed E-state index contributed by atoms with van der Waals surface area (Å²) in [6.45, 7) is 2.49. The molecule has 0 bridgehead atoms. The van der Waals surface area contributed by atoms with E-state index in [9.17, 15) is 9.59 Å². The summed E-state index contributed by atoms with van der Waals surface area (Å²) in [4.78, 5) is 22.6. The fraction of sp³-hybridized carbons (Fsp3) is 0.429. The van der Waals surface area contributed by atoms with Gasteiger partial charge in [-0.25, -0.2) is 4.79 Å². The number of carbonyl (C=O) groups excluding carboxylic acids is 1. The molecule has 18 heavy (non-hydrogen) atoms. The van der Waals surface area contributed by atoms with Crippen LogP contribution in [0.2, 0.25) is 0 Å². The minimum atomic E-state index is -0.937. The zero-order valence-electron chi connectivity index (χ0n) is 10.4. The van der Waals surface area contributed by atoms with Gasteiger partial charge in [-0.2, -0.15) is 0 Å². The van der Waals surface area contributed by atoms with Gasteiger partial charge >= 0.3 is 5.97 Å². The number of carboxylic acid groups (broad SMARTS) is 1. The van der Waals surface area contributed by atoms with Crippen molar-refractivity contribution in [3.8, 4) is 0 Å². The largest absolute Gasteiger partial charge is 0.478 e. The van der Waals surface area contributed by atoms with Crippen molar-refractivity contribution < 1.29 is 14.7 Å². The van der Waals surface area contributed by atoms with E-state index in [2.05, 4.69) is 5.32 Å². The first kappa shape index (κ1) is 12.6. The summed E-state index contributed by atoms with van der Waals surface area (Å²) in [5.41, 5.74) is 1.05. The Bertz CT molecular complexity index is 460. The minimum absolute atomic E-state index is 0.118. The Kier molecular flexibility index (Phi) is 3.36. The van der Waals surface area contributed by atoms with Gasteiger partial charge in [-0.15, -0.1) is 0 Å². The Morgan fingerprint density at radius 1 is 1.28 bits per heavy atom. The summed E-state index contributed by atoms with van der Waals surface area (Å²) in [6.07, 6.45) is 2.84. The average Bonchev–Trinajstić information content (AvgIpc) is 3.17. The van der Waals surface area contributed by atoms with Crippen LogP contribution in [0, 0.1) is 5.41 Å². The van der Waals surface area contributed by atoms with Gasteiger partial charge in [-0.1, -0.05) is 19.1 Å². The van der Waals surface area contributed by atoms with Crippen LogP contribution >= 0.6 is 0 Å². The third-order valence-electron chi connectivity index (χ3n) is 3.67. The molecule has 96 valence electrons. The Morgan fingerprint density at radius 3 is 2.33 bits per heavy atom. The normalized spacial score (nSPS) is 16.1. The number of benzene rings is 1. The topological polar surface area (TPSA) is 66.4 Å². The monoisotopic (exact) mass is 247 g/mol. The molecule has 0 unspecified atom stereocenters. The fourth-order valence-electron chi connectivity index (χ4n) is 2.03. The van der Waals surface area contributed by atoms with Crippen LogP contribution in [0.25, 0.3) is 0 Å². The molecule has 0 radical (unpaired) electrons. The molecular weight excluding hydrogens is 230 g/mol. The molecule has 0 spiro atoms. The van der Waals surface area contributed by atoms with E-state index in [0.29, 0.717) is 6.54 Å². The lowest BCUT2D eigenvalue weighted by molar-refractivity contribution is -0.126. The molecule has 1 aromatic rings. The number of amides is 1. The van der Waals surface area contributed by atoms with E-state index in [-0.39, 0.29) is 16.9 Å². The summed E-state index contributed by atoms with van der Waals surface area (Å²) in [6, 6.07) is 6.57. The highest BCUT2D eigenvalue weighted by Crippen LogP contribution is 2.48. The first-order chi connectivity index (χ1) is 8.57. The lowest BCUT2D eigenvalue weighted by atomic mass is 10.0. The molecule has 1 aromatic carbocycles. The second-order valence-corrected chi connectivity index (χ2v) is 4.82. The van der Waals surface area contributed by atoms with E-state index >= 15 is 0 Å². The summed E-state index contributed by atoms with van der Waals surface area (Å²) in [7, 11) is 0. The van der Waals surface area contributed by atoms with Crippen LogP contribution in [0.1, 0.15) is 42.1 Å². The van der Waals surface area contributed by atoms with E-state index in [4.69, 9.17) is 5.11 Å². The number of hydrogen-bond acceptors (Lipinski definition) is 2. The first-order valence-corrected chi connectivity index (χ1v) is 6.18. The molecule has 0 heterocycles. The highest BCUT2D eigenvalue weighted by atomic mass is 16.4. The second kappa shape index (κ2) is 4.80. The summed E-state index contributed by atoms with van der Waals surface area (Å²) in [5.74, 6) is -0.819. The Balaban J connectivity index is 1.90. The van der Waals surface area contributed by atoms with Gasteiger partial charge in [-0.3, -0.25) is 4.79 Å². The minimum Gasteiger partial charge on any atom is -0.478 e. The predicted molar refractivity (Wildman–Crippen MR) is 67.2 cm³/mol. The average molecular weight is 247 g/mol. The molecule has 0 aliphatic heterocycles. The quantitative estimate of drug-likeness (QED) is 0.838. The molecule has 2 N–H and O–H groups in total. The fourth-order valence-corrected chi connectivity index (χ4v) is 2.03. The molecule has 4 nitrogen and oxygen atoms in total. The third kappa shape index (κ3) is 2.53. The van der Waals surface area contributed by atoms with E-state index in [1.54, 1.807) is 24.3 Å². The van der Waals surface area contributed by atoms with Crippen LogP contribution in [0.5, 0.6) is 0 Å². The lowest BCUT2D eigenvalue weighted by Gasteiger charge is -2.12. The third-order valence-corrected chi connectivity index (χ3v) is 3.67. The second-order valence-electron chi connectivity index (χ2n) is 4.82. The van der Waals surface area contributed by atoms with Gasteiger partial charge < -0.3 is 10.4 Å². The Labute approximate surface area is 106 Å². The van der Waals surface area contributed by atoms with Crippen LogP contribution in [0.3, 0.4) is 0 Å². The van der Waals surface area contributed by atoms with Gasteiger partial charge in [-0.05, 0) is 37.0 Å². The molecule has 0 aromatic heterocycles. The molecule has 1 aliphatic rings. The first-order valence-electron chi connectivity index (χ1n) is 6.18. The molecule has 2 rings (SSSR count). The van der Waals surface area contributed by atoms with Gasteiger partial charge in [0.2, 0.25) is 5.91 Å². The van der Waals surface area contributed by atoms with Gasteiger partial charge in [0, 0.05) is 12.0 Å². The highest BCUT2D eigenvalue weighted by molar-refractivity contribution is 5.87. The van der Waals surface area contributed by atoms with Crippen molar-refractivity contribution >= 4 is 11.9 Å². The number of aromatic carboxylic acids is 1. The van der Waals surface area contributed by atoms with Gasteiger partial charge in [0.25, 0.3) is 0 Å². The molecule has 0 atom stereocenters. The van der Waals surface area contributed by atoms with E-state index in [1.165, 1.54) is 0 Å². The van der Waals surface area contributed by atoms with Crippen molar-refractivity contribution in [3.05, 3.63) is 35.4 Å². The van der Waals surface area contributed by atoms with Crippen molar-refractivity contribution in [2.24, 2.45) is 5.41 Å². The summed E-state index contributed by atoms with van der Waals surface area (Å²) >= 11 is 0. The molecule has 1 saturated carbocycles. The number of rotatable bonds is 5. The molecule has 1 aliphatic carbocycles. The van der Waals surface area contributed by atoms with Crippen molar-refractivity contribution in [3.63, 3.8) is 0 Å². The molecule has 4 heteroatoms. The number of hydrogen-bond donors (Lipinski definition) is 2. The molecule has 1 fully saturated rings. The smallest absolute Gasteiger partial charge is 0.335 e. The zero-order valence-corrected chi connectivity index (χ0v) is 10.4. The number of carbonyl (C=O) groups is 2. The van der Waals surface area contributed by atoms with Crippen molar-refractivity contribution in [2.75, 3.05) is 0 Å². The standard InChI is InChI=1S/C14H17NO3/c1-2-14(7-8-14)13(18)15-9-10-3-5-11(6-4-10)12(16)17/h3-6H,2,7-9H2,1H3,(H,15,18)(H,16,17). The van der Waals surface area contributed by atoms with Crippen molar-refractivity contribution in [2.45, 2.75) is 32.7 Å². The van der Waals surface area contributed by atoms with E-state index < -0.39 is 5.97 Å². The van der Waals surface area contributed by atoms with Gasteiger partial charge in [0.05, 0.1) is 5.56 Å². The maximum Gasteiger partial charge on any atom is 0.335 e. The Morgan fingerprint density at radius 2 is 1.89 bits per heavy atom. The van der Waals surface area contributed by atoms with Crippen LogP contribution in [0.4, 0.5) is 0 Å². The molecule has 1 amide bonds. The van der Waals surface area contributed by atoms with Crippen molar-refractivity contribution in [1.29, 1.82) is 0 Å². The Hall–Kier alpha value is -1.84. The highest BCUT2D eigenvalue weighted by Gasteiger charge is 2.47. The van der Waals surface area contributed by atoms with Crippen LogP contribution in [-0.2, 0) is 11.3 Å². The van der Waals surface area contributed by atoms with Crippen LogP contribution in [-0.4, -0.2) is 17.0 Å². The SMILES string of the molecule is CCC1(C(=O)NCc2ccc(C(=O)O)cc2)CC1. The molecule has 0 saturated heterocycles. The summed E-state index contributed by atoms with van der Waals surface area (Å²) < 4.78 is 0. The maximum atomic E-state index is 11.9. The van der Waals surface area contributed by atoms with Crippen LogP contribution < -0.4 is 5.32 Å². The van der Waals surface area contributed by atoms with Crippen molar-refractivity contribution in [1.82, 2.24) is 5.32 Å². The zero-order chi connectivity index (χ0) is 13.2. The number of carboxylic acids is 1. The predicted octanol–water partition coefficient (Wildman–Crippen LogP) is 2.19. The molecular formula is C14H17NO3. The summed E-state index contributed by atoms with van der Waals surface area (Å²) in [5, 5.41) is 11.7. The maximum absolute atomic E-state index is 11.9. The van der Waals surface area contributed by atoms with E-state index in [1.807, 2.05) is 6.92 Å². The number of nitrogens with one attached hydrogen (secondary N) is 1. The van der Waals surface area contributed by atoms with Gasteiger partial charge in [0.1, 0.15) is 0 Å². The lowest BCUT2D eigenvalue weighted by Crippen LogP contribution is -2.31.